The van der Waals surface area contributed by atoms with E-state index in [4.69, 9.17) is 0 Å². The van der Waals surface area contributed by atoms with Gasteiger partial charge in [0.25, 0.3) is 0 Å². The van der Waals surface area contributed by atoms with Crippen LogP contribution in [-0.4, -0.2) is 10.2 Å². The Morgan fingerprint density at radius 2 is 1.94 bits per heavy atom. The van der Waals surface area contributed by atoms with Gasteiger partial charge in [0, 0.05) is 5.22 Å². The first-order valence-corrected chi connectivity index (χ1v) is 5.55. The van der Waals surface area contributed by atoms with Crippen molar-refractivity contribution in [2.45, 2.75) is 39.5 Å². The maximum atomic E-state index is 9.66. The summed E-state index contributed by atoms with van der Waals surface area (Å²) in [6.07, 6.45) is 2.88. The van der Waals surface area contributed by atoms with E-state index < -0.39 is 0 Å². The summed E-state index contributed by atoms with van der Waals surface area (Å²) in [4.78, 5) is 0. The largest absolute Gasteiger partial charge is 0.504 e. The second kappa shape index (κ2) is 4.20. The van der Waals surface area contributed by atoms with Gasteiger partial charge in [-0.25, -0.2) is 0 Å². The quantitative estimate of drug-likeness (QED) is 0.748. The van der Waals surface area contributed by atoms with Gasteiger partial charge in [0.05, 0.1) is 0 Å². The minimum Gasteiger partial charge on any atom is -0.504 e. The molecule has 0 aliphatic carbocycles. The molecule has 1 aromatic carbocycles. The van der Waals surface area contributed by atoms with Gasteiger partial charge >= 0.3 is 0 Å². The summed E-state index contributed by atoms with van der Waals surface area (Å²) < 4.78 is 0. The van der Waals surface area contributed by atoms with Crippen LogP contribution in [-0.2, 0) is 5.41 Å². The Morgan fingerprint density at radius 1 is 1.38 bits per heavy atom. The van der Waals surface area contributed by atoms with Crippen molar-refractivity contribution in [1.82, 2.24) is 0 Å². The molecule has 2 heteroatoms. The maximum Gasteiger partial charge on any atom is 0.164 e. The van der Waals surface area contributed by atoms with Crippen LogP contribution in [0.5, 0.6) is 11.5 Å². The predicted molar refractivity (Wildman–Crippen MR) is 68.0 cm³/mol. The van der Waals surface area contributed by atoms with Crippen molar-refractivity contribution < 1.29 is 10.2 Å². The zero-order chi connectivity index (χ0) is 12.5. The van der Waals surface area contributed by atoms with E-state index in [1.54, 1.807) is 6.07 Å². The van der Waals surface area contributed by atoms with Gasteiger partial charge in [-0.2, -0.15) is 0 Å². The van der Waals surface area contributed by atoms with Gasteiger partial charge in [-0.3, -0.25) is 0 Å². The number of hydrogen-bond acceptors (Lipinski definition) is 2. The molecular formula is C14H20O2. The van der Waals surface area contributed by atoms with E-state index in [0.717, 1.165) is 17.2 Å². The Labute approximate surface area is 96.6 Å². The molecule has 1 aromatic rings. The molecule has 0 fully saturated rings. The SMILES string of the molecule is C=c1c(O)c(O)cc(C(C)(C)CC)c1=CC. The van der Waals surface area contributed by atoms with Crippen LogP contribution in [0.25, 0.3) is 12.7 Å². The summed E-state index contributed by atoms with van der Waals surface area (Å²) in [5.74, 6) is -0.212. The lowest BCUT2D eigenvalue weighted by Crippen LogP contribution is -2.34. The summed E-state index contributed by atoms with van der Waals surface area (Å²) in [5, 5.41) is 20.7. The van der Waals surface area contributed by atoms with Crippen LogP contribution in [0, 0.1) is 0 Å². The van der Waals surface area contributed by atoms with Crippen molar-refractivity contribution in [1.29, 1.82) is 0 Å². The molecule has 0 heterocycles. The van der Waals surface area contributed by atoms with E-state index in [-0.39, 0.29) is 16.9 Å². The number of phenols is 2. The number of phenolic OH excluding ortho intramolecular Hbond substituents is 2. The van der Waals surface area contributed by atoms with Crippen LogP contribution in [0.1, 0.15) is 39.7 Å². The molecule has 16 heavy (non-hydrogen) atoms. The van der Waals surface area contributed by atoms with Crippen LogP contribution in [0.4, 0.5) is 0 Å². The Kier molecular flexibility index (Phi) is 3.32. The third-order valence-corrected chi connectivity index (χ3v) is 3.33. The average molecular weight is 220 g/mol. The molecule has 2 N–H and O–H groups in total. The maximum absolute atomic E-state index is 9.66. The van der Waals surface area contributed by atoms with Gasteiger partial charge in [-0.05, 0) is 35.6 Å². The van der Waals surface area contributed by atoms with Gasteiger partial charge in [-0.15, -0.1) is 0 Å². The molecule has 0 amide bonds. The molecule has 0 aromatic heterocycles. The molecule has 1 rings (SSSR count). The van der Waals surface area contributed by atoms with Crippen LogP contribution < -0.4 is 10.4 Å². The fourth-order valence-corrected chi connectivity index (χ4v) is 1.81. The van der Waals surface area contributed by atoms with Gasteiger partial charge in [0.2, 0.25) is 0 Å². The van der Waals surface area contributed by atoms with E-state index in [1.165, 1.54) is 0 Å². The summed E-state index contributed by atoms with van der Waals surface area (Å²) in [5.41, 5.74) is 0.984. The van der Waals surface area contributed by atoms with Crippen molar-refractivity contribution in [3.05, 3.63) is 22.1 Å². The molecule has 0 aliphatic rings. The summed E-state index contributed by atoms with van der Waals surface area (Å²) >= 11 is 0. The van der Waals surface area contributed by atoms with E-state index in [1.807, 2.05) is 13.0 Å². The molecule has 0 saturated heterocycles. The van der Waals surface area contributed by atoms with Crippen molar-refractivity contribution in [2.75, 3.05) is 0 Å². The van der Waals surface area contributed by atoms with Gasteiger partial charge < -0.3 is 10.2 Å². The molecule has 0 bridgehead atoms. The van der Waals surface area contributed by atoms with E-state index >= 15 is 0 Å². The minimum absolute atomic E-state index is 0.0422. The lowest BCUT2D eigenvalue weighted by Gasteiger charge is -2.24. The van der Waals surface area contributed by atoms with Crippen molar-refractivity contribution in [3.63, 3.8) is 0 Å². The second-order valence-electron chi connectivity index (χ2n) is 4.71. The molecular weight excluding hydrogens is 200 g/mol. The van der Waals surface area contributed by atoms with E-state index in [9.17, 15) is 10.2 Å². The fourth-order valence-electron chi connectivity index (χ4n) is 1.81. The Hall–Kier alpha value is -1.44. The highest BCUT2D eigenvalue weighted by molar-refractivity contribution is 5.48. The summed E-state index contributed by atoms with van der Waals surface area (Å²) in [6.45, 7) is 12.1. The first-order valence-electron chi connectivity index (χ1n) is 5.55. The van der Waals surface area contributed by atoms with E-state index in [2.05, 4.69) is 27.4 Å². The smallest absolute Gasteiger partial charge is 0.164 e. The molecule has 2 nitrogen and oxygen atoms in total. The van der Waals surface area contributed by atoms with Crippen LogP contribution in [0.3, 0.4) is 0 Å². The van der Waals surface area contributed by atoms with Crippen LogP contribution in [0.15, 0.2) is 6.07 Å². The molecule has 0 radical (unpaired) electrons. The normalized spacial score (nSPS) is 13.1. The number of aromatic hydroxyl groups is 2. The third-order valence-electron chi connectivity index (χ3n) is 3.33. The molecule has 0 aliphatic heterocycles. The minimum atomic E-state index is -0.122. The molecule has 88 valence electrons. The molecule has 0 saturated carbocycles. The molecule has 0 atom stereocenters. The zero-order valence-corrected chi connectivity index (χ0v) is 10.5. The van der Waals surface area contributed by atoms with Crippen LogP contribution in [0.2, 0.25) is 0 Å². The average Bonchev–Trinajstić information content (AvgIpc) is 2.25. The lowest BCUT2D eigenvalue weighted by atomic mass is 9.80. The standard InChI is InChI=1S/C14H20O2/c1-6-10-9(3)13(16)12(15)8-11(10)14(4,5)7-2/h6,8,15-16H,3,7H2,1-2,4-5H3. The first-order chi connectivity index (χ1) is 7.35. The molecule has 0 unspecified atom stereocenters. The van der Waals surface area contributed by atoms with Gasteiger partial charge in [0.1, 0.15) is 0 Å². The monoisotopic (exact) mass is 220 g/mol. The van der Waals surface area contributed by atoms with Crippen molar-refractivity contribution in [2.24, 2.45) is 0 Å². The highest BCUT2D eigenvalue weighted by Gasteiger charge is 2.21. The van der Waals surface area contributed by atoms with E-state index in [0.29, 0.717) is 5.22 Å². The first kappa shape index (κ1) is 12.6. The Balaban J connectivity index is 3.73. The summed E-state index contributed by atoms with van der Waals surface area (Å²) in [7, 11) is 0. The number of rotatable bonds is 2. The second-order valence-corrected chi connectivity index (χ2v) is 4.71. The number of hydrogen-bond donors (Lipinski definition) is 2. The molecule has 0 spiro atoms. The van der Waals surface area contributed by atoms with Gasteiger partial charge in [-0.1, -0.05) is 33.4 Å². The van der Waals surface area contributed by atoms with Crippen molar-refractivity contribution >= 4 is 12.7 Å². The van der Waals surface area contributed by atoms with Gasteiger partial charge in [0.15, 0.2) is 11.5 Å². The topological polar surface area (TPSA) is 40.5 Å². The van der Waals surface area contributed by atoms with Crippen molar-refractivity contribution in [3.8, 4) is 11.5 Å². The highest BCUT2D eigenvalue weighted by Crippen LogP contribution is 2.28. The number of benzene rings is 1. The Bertz CT molecular complexity index is 498. The zero-order valence-electron chi connectivity index (χ0n) is 10.5. The summed E-state index contributed by atoms with van der Waals surface area (Å²) in [6, 6.07) is 1.64. The fraction of sp³-hybridized carbons (Fsp3) is 0.429. The third kappa shape index (κ3) is 1.92. The highest BCUT2D eigenvalue weighted by atomic mass is 16.3. The predicted octanol–water partition coefficient (Wildman–Crippen LogP) is 2.00. The Morgan fingerprint density at radius 3 is 2.38 bits per heavy atom. The van der Waals surface area contributed by atoms with Crippen LogP contribution >= 0.6 is 0 Å². The lowest BCUT2D eigenvalue weighted by molar-refractivity contribution is 0.396.